The van der Waals surface area contributed by atoms with Crippen molar-refractivity contribution in [1.29, 1.82) is 0 Å². The lowest BCUT2D eigenvalue weighted by Gasteiger charge is -2.39. The van der Waals surface area contributed by atoms with Crippen LogP contribution in [0, 0.1) is 0 Å². The van der Waals surface area contributed by atoms with Gasteiger partial charge in [0.15, 0.2) is 0 Å². The average molecular weight is 381 g/mol. The second-order valence-corrected chi connectivity index (χ2v) is 6.59. The van der Waals surface area contributed by atoms with Crippen molar-refractivity contribution in [2.75, 3.05) is 26.2 Å². The highest BCUT2D eigenvalue weighted by molar-refractivity contribution is 6.31. The van der Waals surface area contributed by atoms with Crippen LogP contribution in [0.25, 0.3) is 0 Å². The van der Waals surface area contributed by atoms with E-state index in [9.17, 15) is 4.79 Å². The molecule has 1 aliphatic heterocycles. The number of hydrogen-bond acceptors (Lipinski definition) is 3. The van der Waals surface area contributed by atoms with Crippen molar-refractivity contribution in [2.45, 2.75) is 31.3 Å². The molecule has 1 aliphatic carbocycles. The van der Waals surface area contributed by atoms with Gasteiger partial charge in [0.2, 0.25) is 5.91 Å². The van der Waals surface area contributed by atoms with Gasteiger partial charge >= 0.3 is 0 Å². The van der Waals surface area contributed by atoms with E-state index in [0.29, 0.717) is 0 Å². The van der Waals surface area contributed by atoms with Crippen LogP contribution in [0.15, 0.2) is 24.3 Å². The van der Waals surface area contributed by atoms with Gasteiger partial charge in [0.25, 0.3) is 0 Å². The van der Waals surface area contributed by atoms with E-state index in [2.05, 4.69) is 17.9 Å². The Hall–Kier alpha value is -0.520. The molecule has 7 heteroatoms. The summed E-state index contributed by atoms with van der Waals surface area (Å²) in [5.74, 6) is 0.132. The number of nitrogens with zero attached hydrogens (tertiary/aromatic N) is 2. The molecule has 1 amide bonds. The van der Waals surface area contributed by atoms with E-state index in [1.807, 2.05) is 23.1 Å². The summed E-state index contributed by atoms with van der Waals surface area (Å²) in [6.45, 7) is 5.42. The third-order valence-electron chi connectivity index (χ3n) is 4.72. The minimum Gasteiger partial charge on any atom is -0.339 e. The summed E-state index contributed by atoms with van der Waals surface area (Å²) in [7, 11) is 0. The third kappa shape index (κ3) is 4.31. The molecule has 4 nitrogen and oxygen atoms in total. The summed E-state index contributed by atoms with van der Waals surface area (Å²) in [5.41, 5.74) is 6.61. The van der Waals surface area contributed by atoms with Gasteiger partial charge in [-0.1, -0.05) is 29.8 Å². The zero-order chi connectivity index (χ0) is 15.0. The Morgan fingerprint density at radius 2 is 1.74 bits per heavy atom. The first-order valence-corrected chi connectivity index (χ1v) is 7.96. The van der Waals surface area contributed by atoms with Crippen molar-refractivity contribution >= 4 is 42.3 Å². The van der Waals surface area contributed by atoms with Crippen LogP contribution in [0.2, 0.25) is 5.02 Å². The van der Waals surface area contributed by atoms with Crippen LogP contribution in [0.4, 0.5) is 0 Å². The Kier molecular flexibility index (Phi) is 7.17. The molecule has 0 aromatic heterocycles. The zero-order valence-corrected chi connectivity index (χ0v) is 15.6. The van der Waals surface area contributed by atoms with Crippen LogP contribution in [0.1, 0.15) is 31.4 Å². The van der Waals surface area contributed by atoms with Gasteiger partial charge < -0.3 is 10.6 Å². The smallest absolute Gasteiger partial charge is 0.242 e. The molecule has 1 saturated carbocycles. The first-order chi connectivity index (χ1) is 10.0. The van der Waals surface area contributed by atoms with Crippen LogP contribution < -0.4 is 5.73 Å². The maximum absolute atomic E-state index is 12.2. The van der Waals surface area contributed by atoms with E-state index < -0.39 is 5.54 Å². The van der Waals surface area contributed by atoms with Gasteiger partial charge in [0, 0.05) is 37.2 Å². The molecule has 1 heterocycles. The van der Waals surface area contributed by atoms with Gasteiger partial charge in [-0.25, -0.2) is 0 Å². The minimum absolute atomic E-state index is 0. The van der Waals surface area contributed by atoms with Crippen LogP contribution in [-0.4, -0.2) is 47.4 Å². The fourth-order valence-electron chi connectivity index (χ4n) is 2.99. The average Bonchev–Trinajstić information content (AvgIpc) is 3.26. The summed E-state index contributed by atoms with van der Waals surface area (Å²) < 4.78 is 0. The molecule has 1 aromatic rings. The highest BCUT2D eigenvalue weighted by Crippen LogP contribution is 2.35. The molecule has 3 rings (SSSR count). The summed E-state index contributed by atoms with van der Waals surface area (Å²) in [6, 6.07) is 8.24. The second-order valence-electron chi connectivity index (χ2n) is 6.18. The van der Waals surface area contributed by atoms with Crippen molar-refractivity contribution in [1.82, 2.24) is 9.80 Å². The number of carbonyl (C=O) groups excluding carboxylic acids is 1. The molecule has 2 fully saturated rings. The molecule has 130 valence electrons. The number of rotatable bonds is 3. The molecule has 2 N–H and O–H groups in total. The summed E-state index contributed by atoms with van der Waals surface area (Å²) >= 11 is 6.28. The molecule has 1 atom stereocenters. The van der Waals surface area contributed by atoms with Gasteiger partial charge in [0.05, 0.1) is 5.54 Å². The number of benzene rings is 1. The van der Waals surface area contributed by atoms with E-state index in [0.717, 1.165) is 49.6 Å². The summed E-state index contributed by atoms with van der Waals surface area (Å²) in [6.07, 6.45) is 1.67. The SMILES string of the molecule is CC(c1ccccc1Cl)N1CCN(C(=O)C2(N)CC2)CC1.Cl.Cl. The predicted octanol–water partition coefficient (Wildman–Crippen LogP) is 2.88. The van der Waals surface area contributed by atoms with Crippen LogP contribution in [0.3, 0.4) is 0 Å². The van der Waals surface area contributed by atoms with Gasteiger partial charge in [0.1, 0.15) is 0 Å². The molecule has 0 radical (unpaired) electrons. The number of carbonyl (C=O) groups is 1. The zero-order valence-electron chi connectivity index (χ0n) is 13.2. The van der Waals surface area contributed by atoms with Gasteiger partial charge in [-0.05, 0) is 31.4 Å². The summed E-state index contributed by atoms with van der Waals surface area (Å²) in [5, 5.41) is 0.808. The first kappa shape index (κ1) is 20.5. The van der Waals surface area contributed by atoms with Crippen molar-refractivity contribution in [3.05, 3.63) is 34.9 Å². The number of halogens is 3. The van der Waals surface area contributed by atoms with Gasteiger partial charge in [-0.3, -0.25) is 9.69 Å². The third-order valence-corrected chi connectivity index (χ3v) is 5.06. The lowest BCUT2D eigenvalue weighted by Crippen LogP contribution is -2.54. The quantitative estimate of drug-likeness (QED) is 0.877. The molecule has 0 bridgehead atoms. The molecule has 1 saturated heterocycles. The number of piperazine rings is 1. The van der Waals surface area contributed by atoms with E-state index in [-0.39, 0.29) is 36.8 Å². The molecular weight excluding hydrogens is 357 g/mol. The van der Waals surface area contributed by atoms with Gasteiger partial charge in [-0.2, -0.15) is 0 Å². The van der Waals surface area contributed by atoms with E-state index in [1.165, 1.54) is 0 Å². The van der Waals surface area contributed by atoms with Crippen LogP contribution in [-0.2, 0) is 4.79 Å². The topological polar surface area (TPSA) is 49.6 Å². The Bertz CT molecular complexity index is 543. The van der Waals surface area contributed by atoms with E-state index >= 15 is 0 Å². The maximum Gasteiger partial charge on any atom is 0.242 e. The minimum atomic E-state index is -0.545. The Balaban J connectivity index is 0.00000132. The van der Waals surface area contributed by atoms with Crippen molar-refractivity contribution < 1.29 is 4.79 Å². The van der Waals surface area contributed by atoms with Crippen molar-refractivity contribution in [3.8, 4) is 0 Å². The maximum atomic E-state index is 12.2. The highest BCUT2D eigenvalue weighted by Gasteiger charge is 2.48. The number of hydrogen-bond donors (Lipinski definition) is 1. The standard InChI is InChI=1S/C16H22ClN3O.2ClH/c1-12(13-4-2-3-5-14(13)17)19-8-10-20(11-9-19)15(21)16(18)6-7-16;;/h2-5,12H,6-11,18H2,1H3;2*1H. The fourth-order valence-corrected chi connectivity index (χ4v) is 3.28. The van der Waals surface area contributed by atoms with Crippen LogP contribution in [0.5, 0.6) is 0 Å². The lowest BCUT2D eigenvalue weighted by molar-refractivity contribution is -0.135. The molecular formula is C16H24Cl3N3O. The Morgan fingerprint density at radius 1 is 1.17 bits per heavy atom. The number of nitrogens with two attached hydrogens (primary N) is 1. The monoisotopic (exact) mass is 379 g/mol. The Morgan fingerprint density at radius 3 is 2.26 bits per heavy atom. The largest absolute Gasteiger partial charge is 0.339 e. The summed E-state index contributed by atoms with van der Waals surface area (Å²) in [4.78, 5) is 16.5. The predicted molar refractivity (Wildman–Crippen MR) is 98.7 cm³/mol. The first-order valence-electron chi connectivity index (χ1n) is 7.58. The highest BCUT2D eigenvalue weighted by atomic mass is 35.5. The Labute approximate surface area is 155 Å². The number of amides is 1. The van der Waals surface area contributed by atoms with E-state index in [4.69, 9.17) is 17.3 Å². The second kappa shape index (κ2) is 8.04. The lowest BCUT2D eigenvalue weighted by atomic mass is 10.1. The molecule has 23 heavy (non-hydrogen) atoms. The molecule has 0 spiro atoms. The van der Waals surface area contributed by atoms with Gasteiger partial charge in [-0.15, -0.1) is 24.8 Å². The van der Waals surface area contributed by atoms with Crippen molar-refractivity contribution in [2.24, 2.45) is 5.73 Å². The van der Waals surface area contributed by atoms with E-state index in [1.54, 1.807) is 0 Å². The fraction of sp³-hybridized carbons (Fsp3) is 0.562. The normalized spacial score (nSPS) is 20.9. The van der Waals surface area contributed by atoms with Crippen molar-refractivity contribution in [3.63, 3.8) is 0 Å². The van der Waals surface area contributed by atoms with Crippen LogP contribution >= 0.6 is 36.4 Å². The molecule has 2 aliphatic rings. The molecule has 1 aromatic carbocycles. The molecule has 1 unspecified atom stereocenters.